The van der Waals surface area contributed by atoms with Crippen molar-refractivity contribution in [1.82, 2.24) is 14.7 Å². The fourth-order valence-electron chi connectivity index (χ4n) is 1.73. The zero-order valence-corrected chi connectivity index (χ0v) is 13.2. The van der Waals surface area contributed by atoms with Gasteiger partial charge in [-0.2, -0.15) is 5.10 Å². The zero-order valence-electron chi connectivity index (χ0n) is 12.4. The molecule has 1 aromatic rings. The zero-order chi connectivity index (χ0) is 14.2. The first kappa shape index (κ1) is 15.2. The predicted molar refractivity (Wildman–Crippen MR) is 81.3 cm³/mol. The molecule has 18 heavy (non-hydrogen) atoms. The highest BCUT2D eigenvalue weighted by molar-refractivity contribution is 7.80. The number of aromatic nitrogens is 2. The Labute approximate surface area is 117 Å². The third-order valence-corrected chi connectivity index (χ3v) is 3.77. The molecular formula is C13H22BN3S. The molecule has 1 heterocycles. The minimum Gasteiger partial charge on any atom is -0.369 e. The summed E-state index contributed by atoms with van der Waals surface area (Å²) in [5, 5.41) is 4.56. The molecule has 0 saturated heterocycles. The van der Waals surface area contributed by atoms with E-state index < -0.39 is 5.44 Å². The summed E-state index contributed by atoms with van der Waals surface area (Å²) < 4.78 is 1.88. The quantitative estimate of drug-likeness (QED) is 0.617. The number of hydrogen-bond donors (Lipinski definition) is 0. The third kappa shape index (κ3) is 2.77. The van der Waals surface area contributed by atoms with Gasteiger partial charge in [0.2, 0.25) is 0 Å². The van der Waals surface area contributed by atoms with Crippen LogP contribution in [0.4, 0.5) is 0 Å². The van der Waals surface area contributed by atoms with Gasteiger partial charge in [-0.3, -0.25) is 4.68 Å². The van der Waals surface area contributed by atoms with Crippen LogP contribution in [0.25, 0.3) is 0 Å². The van der Waals surface area contributed by atoms with E-state index in [1.165, 1.54) is 0 Å². The van der Waals surface area contributed by atoms with E-state index in [1.54, 1.807) is 0 Å². The van der Waals surface area contributed by atoms with Crippen LogP contribution in [0.5, 0.6) is 0 Å². The van der Waals surface area contributed by atoms with Crippen LogP contribution in [-0.2, 0) is 7.05 Å². The van der Waals surface area contributed by atoms with Crippen molar-refractivity contribution in [3.05, 3.63) is 17.0 Å². The molecule has 3 nitrogen and oxygen atoms in total. The Kier molecular flexibility index (Phi) is 4.26. The number of aryl methyl sites for hydroxylation is 1. The fourth-order valence-corrected chi connectivity index (χ4v) is 2.22. The summed E-state index contributed by atoms with van der Waals surface area (Å²) >= 11 is 5.59. The standard InChI is InChI=1S/C13H22BN3S/c1-8(2)11-10(9(3)17(7)15-11)12(18)16(6)13(4,5)14/h8H,1-7H3. The van der Waals surface area contributed by atoms with Gasteiger partial charge in [0.05, 0.1) is 11.3 Å². The highest BCUT2D eigenvalue weighted by Crippen LogP contribution is 2.24. The van der Waals surface area contributed by atoms with E-state index in [-0.39, 0.29) is 0 Å². The Balaban J connectivity index is 3.29. The van der Waals surface area contributed by atoms with Gasteiger partial charge < -0.3 is 4.90 Å². The first-order valence-corrected chi connectivity index (χ1v) is 6.58. The molecule has 0 aromatic carbocycles. The monoisotopic (exact) mass is 263 g/mol. The van der Waals surface area contributed by atoms with Crippen LogP contribution in [0.15, 0.2) is 0 Å². The van der Waals surface area contributed by atoms with Crippen molar-refractivity contribution in [3.8, 4) is 0 Å². The third-order valence-electron chi connectivity index (χ3n) is 3.29. The number of rotatable bonds is 3. The van der Waals surface area contributed by atoms with Gasteiger partial charge in [0, 0.05) is 19.8 Å². The molecule has 0 saturated carbocycles. The molecule has 0 aliphatic carbocycles. The lowest BCUT2D eigenvalue weighted by molar-refractivity contribution is 0.372. The highest BCUT2D eigenvalue weighted by atomic mass is 32.1. The summed E-state index contributed by atoms with van der Waals surface area (Å²) in [5.74, 6) is 0.340. The van der Waals surface area contributed by atoms with Crippen molar-refractivity contribution in [2.24, 2.45) is 7.05 Å². The molecule has 5 heteroatoms. The first-order chi connectivity index (χ1) is 8.07. The van der Waals surface area contributed by atoms with Gasteiger partial charge in [0.25, 0.3) is 0 Å². The molecule has 0 fully saturated rings. The molecule has 1 rings (SSSR count). The van der Waals surface area contributed by atoms with Crippen molar-refractivity contribution >= 4 is 25.1 Å². The SMILES string of the molecule is [B]C(C)(C)N(C)C(=S)c1c(C(C)C)nn(C)c1C. The van der Waals surface area contributed by atoms with Crippen molar-refractivity contribution in [1.29, 1.82) is 0 Å². The first-order valence-electron chi connectivity index (χ1n) is 6.18. The topological polar surface area (TPSA) is 21.1 Å². The molecule has 0 atom stereocenters. The van der Waals surface area contributed by atoms with E-state index in [9.17, 15) is 0 Å². The molecule has 0 bridgehead atoms. The van der Waals surface area contributed by atoms with Crippen LogP contribution in [0.3, 0.4) is 0 Å². The lowest BCUT2D eigenvalue weighted by Crippen LogP contribution is -2.45. The smallest absolute Gasteiger partial charge is 0.112 e. The average Bonchev–Trinajstić information content (AvgIpc) is 2.52. The van der Waals surface area contributed by atoms with Crippen molar-refractivity contribution < 1.29 is 0 Å². The Morgan fingerprint density at radius 1 is 1.44 bits per heavy atom. The second-order valence-corrected chi connectivity index (χ2v) is 6.03. The van der Waals surface area contributed by atoms with E-state index in [0.717, 1.165) is 21.9 Å². The lowest BCUT2D eigenvalue weighted by Gasteiger charge is -2.35. The van der Waals surface area contributed by atoms with E-state index in [1.807, 2.05) is 44.4 Å². The number of nitrogens with zero attached hydrogens (tertiary/aromatic N) is 3. The summed E-state index contributed by atoms with van der Waals surface area (Å²) in [6.45, 7) is 10.2. The molecule has 2 radical (unpaired) electrons. The van der Waals surface area contributed by atoms with Gasteiger partial charge >= 0.3 is 0 Å². The van der Waals surface area contributed by atoms with E-state index in [4.69, 9.17) is 20.1 Å². The number of hydrogen-bond acceptors (Lipinski definition) is 2. The Bertz CT molecular complexity index is 458. The predicted octanol–water partition coefficient (Wildman–Crippen LogP) is 2.36. The maximum Gasteiger partial charge on any atom is 0.112 e. The van der Waals surface area contributed by atoms with Crippen molar-refractivity contribution in [3.63, 3.8) is 0 Å². The van der Waals surface area contributed by atoms with Gasteiger partial charge in [-0.05, 0) is 18.3 Å². The second-order valence-electron chi connectivity index (χ2n) is 5.64. The highest BCUT2D eigenvalue weighted by Gasteiger charge is 2.26. The molecule has 0 N–H and O–H groups in total. The Morgan fingerprint density at radius 3 is 2.33 bits per heavy atom. The fraction of sp³-hybridized carbons (Fsp3) is 0.692. The molecule has 1 aromatic heterocycles. The van der Waals surface area contributed by atoms with Crippen LogP contribution >= 0.6 is 12.2 Å². The molecule has 0 amide bonds. The molecule has 0 aliphatic heterocycles. The van der Waals surface area contributed by atoms with Crippen LogP contribution in [0.1, 0.15) is 50.6 Å². The lowest BCUT2D eigenvalue weighted by atomic mass is 9.80. The normalized spacial score (nSPS) is 12.0. The molecule has 98 valence electrons. The second kappa shape index (κ2) is 5.04. The van der Waals surface area contributed by atoms with Crippen LogP contribution < -0.4 is 0 Å². The van der Waals surface area contributed by atoms with Crippen LogP contribution in [0.2, 0.25) is 0 Å². The summed E-state index contributed by atoms with van der Waals surface area (Å²) in [4.78, 5) is 2.69. The minimum absolute atomic E-state index is 0.340. The Morgan fingerprint density at radius 2 is 1.94 bits per heavy atom. The van der Waals surface area contributed by atoms with Gasteiger partial charge in [-0.25, -0.2) is 0 Å². The van der Waals surface area contributed by atoms with Crippen LogP contribution in [0, 0.1) is 6.92 Å². The summed E-state index contributed by atoms with van der Waals surface area (Å²) in [6, 6.07) is 0. The van der Waals surface area contributed by atoms with E-state index >= 15 is 0 Å². The maximum atomic E-state index is 6.11. The van der Waals surface area contributed by atoms with Gasteiger partial charge in [0.15, 0.2) is 0 Å². The molecule has 0 unspecified atom stereocenters. The van der Waals surface area contributed by atoms with Gasteiger partial charge in [-0.15, -0.1) is 0 Å². The van der Waals surface area contributed by atoms with E-state index in [0.29, 0.717) is 5.92 Å². The molecule has 0 aliphatic rings. The van der Waals surface area contributed by atoms with Crippen molar-refractivity contribution in [2.45, 2.75) is 46.0 Å². The summed E-state index contributed by atoms with van der Waals surface area (Å²) in [7, 11) is 9.99. The summed E-state index contributed by atoms with van der Waals surface area (Å²) in [5.41, 5.74) is 2.69. The average molecular weight is 263 g/mol. The summed E-state index contributed by atoms with van der Waals surface area (Å²) in [6.07, 6.45) is 0. The largest absolute Gasteiger partial charge is 0.369 e. The molecular weight excluding hydrogens is 241 g/mol. The number of thiocarbonyl (C=S) groups is 1. The van der Waals surface area contributed by atoms with Crippen molar-refractivity contribution in [2.75, 3.05) is 7.05 Å². The Hall–Kier alpha value is -0.835. The minimum atomic E-state index is -0.479. The maximum absolute atomic E-state index is 6.11. The van der Waals surface area contributed by atoms with Gasteiger partial charge in [0.1, 0.15) is 12.8 Å². The molecule has 0 spiro atoms. The van der Waals surface area contributed by atoms with Crippen LogP contribution in [-0.4, -0.2) is 40.0 Å². The van der Waals surface area contributed by atoms with E-state index in [2.05, 4.69) is 18.9 Å². The van der Waals surface area contributed by atoms with Gasteiger partial charge in [-0.1, -0.05) is 39.9 Å².